The minimum absolute atomic E-state index is 0. The quantitative estimate of drug-likeness (QED) is 0.506. The molecule has 2 N–H and O–H groups in total. The molecule has 11 heavy (non-hydrogen) atoms. The standard InChI is InChI=1S/2C3H10OP.Cu/c2*1-5(2,3)4;/h2*4H,1-3H3;/q2*+1;. The second-order valence-corrected chi connectivity index (χ2v) is 11.6. The van der Waals surface area contributed by atoms with Gasteiger partial charge in [-0.25, -0.2) is 0 Å². The van der Waals surface area contributed by atoms with Gasteiger partial charge in [0.2, 0.25) is 0 Å². The van der Waals surface area contributed by atoms with Gasteiger partial charge in [-0.15, -0.1) is 0 Å². The van der Waals surface area contributed by atoms with E-state index in [1.165, 1.54) is 0 Å². The van der Waals surface area contributed by atoms with Gasteiger partial charge in [0, 0.05) is 17.1 Å². The molecule has 0 fully saturated rings. The van der Waals surface area contributed by atoms with E-state index in [-0.39, 0.29) is 17.1 Å². The van der Waals surface area contributed by atoms with Crippen LogP contribution in [0, 0.1) is 0 Å². The van der Waals surface area contributed by atoms with Gasteiger partial charge in [0.15, 0.2) is 0 Å². The number of rotatable bonds is 0. The maximum Gasteiger partial charge on any atom is 0.133 e. The molecule has 0 aliphatic carbocycles. The molecule has 5 heteroatoms. The van der Waals surface area contributed by atoms with Crippen molar-refractivity contribution in [3.8, 4) is 0 Å². The Morgan fingerprint density at radius 2 is 0.636 bits per heavy atom. The molecule has 0 heterocycles. The first-order valence-electron chi connectivity index (χ1n) is 3.08. The third kappa shape index (κ3) is 579. The second-order valence-electron chi connectivity index (χ2n) is 3.88. The molecule has 0 aromatic heterocycles. The molecule has 0 rings (SSSR count). The van der Waals surface area contributed by atoms with Gasteiger partial charge >= 0.3 is 0 Å². The fourth-order valence-electron chi connectivity index (χ4n) is 0. The predicted molar refractivity (Wildman–Crippen MR) is 53.8 cm³/mol. The van der Waals surface area contributed by atoms with Crippen molar-refractivity contribution in [3.63, 3.8) is 0 Å². The number of hydrogen-bond donors (Lipinski definition) is 2. The molecular weight excluding hydrogens is 230 g/mol. The van der Waals surface area contributed by atoms with Gasteiger partial charge in [-0.05, 0) is 0 Å². The first-order chi connectivity index (χ1) is 4.00. The van der Waals surface area contributed by atoms with Crippen molar-refractivity contribution in [1.29, 1.82) is 0 Å². The van der Waals surface area contributed by atoms with Gasteiger partial charge in [0.25, 0.3) is 0 Å². The molecule has 0 amide bonds. The van der Waals surface area contributed by atoms with Crippen molar-refractivity contribution in [1.82, 2.24) is 0 Å². The minimum Gasteiger partial charge on any atom is -0.253 e. The Kier molecular flexibility index (Phi) is 11.2. The third-order valence-electron chi connectivity index (χ3n) is 0. The smallest absolute Gasteiger partial charge is 0.133 e. The monoisotopic (exact) mass is 249 g/mol. The minimum atomic E-state index is -1.39. The van der Waals surface area contributed by atoms with E-state index in [9.17, 15) is 0 Å². The van der Waals surface area contributed by atoms with Crippen molar-refractivity contribution < 1.29 is 26.9 Å². The van der Waals surface area contributed by atoms with Crippen molar-refractivity contribution in [2.75, 3.05) is 40.0 Å². The summed E-state index contributed by atoms with van der Waals surface area (Å²) in [6, 6.07) is 0. The van der Waals surface area contributed by atoms with E-state index in [0.29, 0.717) is 0 Å². The summed E-state index contributed by atoms with van der Waals surface area (Å²) in [5, 5.41) is 0. The Morgan fingerprint density at radius 1 is 0.636 bits per heavy atom. The molecule has 0 aliphatic rings. The first-order valence-corrected chi connectivity index (χ1v) is 9.25. The molecule has 0 aromatic carbocycles. The Bertz CT molecular complexity index is 61.6. The van der Waals surface area contributed by atoms with Crippen LogP contribution in [0.1, 0.15) is 0 Å². The van der Waals surface area contributed by atoms with Crippen molar-refractivity contribution in [3.05, 3.63) is 0 Å². The van der Waals surface area contributed by atoms with Crippen LogP contribution in [-0.2, 0) is 17.1 Å². The fraction of sp³-hybridized carbons (Fsp3) is 1.00. The van der Waals surface area contributed by atoms with Gasteiger partial charge in [-0.3, -0.25) is 9.79 Å². The van der Waals surface area contributed by atoms with E-state index in [2.05, 4.69) is 0 Å². The van der Waals surface area contributed by atoms with Crippen LogP contribution in [0.3, 0.4) is 0 Å². The van der Waals surface area contributed by atoms with Gasteiger partial charge in [-0.2, -0.15) is 0 Å². The molecule has 0 unspecified atom stereocenters. The van der Waals surface area contributed by atoms with E-state index in [4.69, 9.17) is 9.79 Å². The molecule has 0 saturated carbocycles. The summed E-state index contributed by atoms with van der Waals surface area (Å²) in [4.78, 5) is 17.3. The molecule has 1 radical (unpaired) electrons. The van der Waals surface area contributed by atoms with Crippen molar-refractivity contribution >= 4 is 15.0 Å². The van der Waals surface area contributed by atoms with Crippen LogP contribution >= 0.6 is 15.0 Å². The van der Waals surface area contributed by atoms with Gasteiger partial charge in [-0.1, -0.05) is 0 Å². The molecule has 0 aliphatic heterocycles. The third-order valence-corrected chi connectivity index (χ3v) is 0. The average molecular weight is 250 g/mol. The largest absolute Gasteiger partial charge is 0.253 e. The topological polar surface area (TPSA) is 40.5 Å². The normalized spacial score (nSPS) is 10.9. The Balaban J connectivity index is -0.000000107. The maximum atomic E-state index is 8.63. The summed E-state index contributed by atoms with van der Waals surface area (Å²) < 4.78 is 0. The van der Waals surface area contributed by atoms with E-state index >= 15 is 0 Å². The van der Waals surface area contributed by atoms with Crippen LogP contribution in [0.15, 0.2) is 0 Å². The van der Waals surface area contributed by atoms with Crippen LogP contribution in [0.5, 0.6) is 0 Å². The molecular formula is C6H20CuO2P2+2. The van der Waals surface area contributed by atoms with Gasteiger partial charge in [0.05, 0.1) is 40.0 Å². The molecule has 75 valence electrons. The Morgan fingerprint density at radius 3 is 0.636 bits per heavy atom. The zero-order valence-electron chi connectivity index (χ0n) is 8.09. The maximum absolute atomic E-state index is 8.63. The predicted octanol–water partition coefficient (Wildman–Crippen LogP) is 1.60. The fourth-order valence-corrected chi connectivity index (χ4v) is 0. The van der Waals surface area contributed by atoms with Crippen LogP contribution in [0.25, 0.3) is 0 Å². The SMILES string of the molecule is C[P+](C)(C)O.C[P+](C)(C)O.[Cu]. The molecule has 0 aromatic rings. The van der Waals surface area contributed by atoms with Gasteiger partial charge < -0.3 is 0 Å². The molecule has 0 saturated heterocycles. The van der Waals surface area contributed by atoms with E-state index in [1.807, 2.05) is 40.0 Å². The summed E-state index contributed by atoms with van der Waals surface area (Å²) in [7, 11) is -2.78. The summed E-state index contributed by atoms with van der Waals surface area (Å²) in [6.07, 6.45) is 0. The number of hydrogen-bond acceptors (Lipinski definition) is 2. The average Bonchev–Trinajstić information content (AvgIpc) is 1.12. The summed E-state index contributed by atoms with van der Waals surface area (Å²) in [5.41, 5.74) is 0. The van der Waals surface area contributed by atoms with E-state index in [1.54, 1.807) is 0 Å². The van der Waals surface area contributed by atoms with Crippen molar-refractivity contribution in [2.24, 2.45) is 0 Å². The molecule has 0 atom stereocenters. The van der Waals surface area contributed by atoms with Crippen LogP contribution in [-0.4, -0.2) is 49.8 Å². The molecule has 0 bridgehead atoms. The molecule has 2 nitrogen and oxygen atoms in total. The second kappa shape index (κ2) is 6.78. The zero-order chi connectivity index (χ0) is 9.00. The van der Waals surface area contributed by atoms with Crippen molar-refractivity contribution in [2.45, 2.75) is 0 Å². The van der Waals surface area contributed by atoms with E-state index in [0.717, 1.165) is 0 Å². The summed E-state index contributed by atoms with van der Waals surface area (Å²) in [6.45, 7) is 11.1. The first kappa shape index (κ1) is 18.2. The molecule has 0 spiro atoms. The zero-order valence-corrected chi connectivity index (χ0v) is 10.8. The van der Waals surface area contributed by atoms with Crippen LogP contribution in [0.2, 0.25) is 0 Å². The summed E-state index contributed by atoms with van der Waals surface area (Å²) >= 11 is 0. The van der Waals surface area contributed by atoms with Crippen LogP contribution < -0.4 is 0 Å². The van der Waals surface area contributed by atoms with Crippen LogP contribution in [0.4, 0.5) is 0 Å². The van der Waals surface area contributed by atoms with E-state index < -0.39 is 15.0 Å². The Hall–Kier alpha value is 1.30. The van der Waals surface area contributed by atoms with Gasteiger partial charge in [0.1, 0.15) is 15.0 Å². The Labute approximate surface area is 82.1 Å². The summed E-state index contributed by atoms with van der Waals surface area (Å²) in [5.74, 6) is 0.